The monoisotopic (exact) mass is 294 g/mol. The molecule has 0 amide bonds. The molecular formula is C12H15BrN4. The molecule has 0 aromatic carbocycles. The summed E-state index contributed by atoms with van der Waals surface area (Å²) in [6.07, 6.45) is 4.56. The van der Waals surface area contributed by atoms with E-state index in [1.807, 2.05) is 17.7 Å². The molecule has 2 aromatic heterocycles. The Hall–Kier alpha value is -1.36. The van der Waals surface area contributed by atoms with Gasteiger partial charge in [-0.1, -0.05) is 6.92 Å². The molecule has 0 aliphatic carbocycles. The van der Waals surface area contributed by atoms with Crippen LogP contribution in [-0.2, 0) is 6.54 Å². The average Bonchev–Trinajstić information content (AvgIpc) is 2.62. The van der Waals surface area contributed by atoms with E-state index < -0.39 is 0 Å². The Morgan fingerprint density at radius 3 is 2.88 bits per heavy atom. The van der Waals surface area contributed by atoms with Crippen LogP contribution in [0.1, 0.15) is 18.9 Å². The standard InChI is InChI=1S/C12H15BrN4/c1-3-6-17-11(9(13)7-16-17)10-8(2)4-5-15-12(10)14/h4-5,7H,3,6H2,1-2H3,(H2,14,15). The molecule has 5 heteroatoms. The molecule has 2 rings (SSSR count). The molecule has 0 saturated carbocycles. The van der Waals surface area contributed by atoms with Gasteiger partial charge in [0.05, 0.1) is 16.4 Å². The first-order valence-corrected chi connectivity index (χ1v) is 6.37. The van der Waals surface area contributed by atoms with E-state index >= 15 is 0 Å². The van der Waals surface area contributed by atoms with Gasteiger partial charge in [0.25, 0.3) is 0 Å². The second-order valence-corrected chi connectivity index (χ2v) is 4.81. The van der Waals surface area contributed by atoms with Crippen LogP contribution in [-0.4, -0.2) is 14.8 Å². The Labute approximate surface area is 109 Å². The van der Waals surface area contributed by atoms with E-state index in [9.17, 15) is 0 Å². The van der Waals surface area contributed by atoms with Crippen LogP contribution in [0.3, 0.4) is 0 Å². The topological polar surface area (TPSA) is 56.7 Å². The summed E-state index contributed by atoms with van der Waals surface area (Å²) in [7, 11) is 0. The van der Waals surface area contributed by atoms with E-state index in [-0.39, 0.29) is 0 Å². The van der Waals surface area contributed by atoms with Gasteiger partial charge in [0.15, 0.2) is 0 Å². The van der Waals surface area contributed by atoms with Crippen molar-refractivity contribution in [3.63, 3.8) is 0 Å². The highest BCUT2D eigenvalue weighted by atomic mass is 79.9. The van der Waals surface area contributed by atoms with Crippen molar-refractivity contribution in [2.75, 3.05) is 5.73 Å². The van der Waals surface area contributed by atoms with Gasteiger partial charge in [-0.2, -0.15) is 5.10 Å². The van der Waals surface area contributed by atoms with Crippen LogP contribution in [0.2, 0.25) is 0 Å². The Morgan fingerprint density at radius 2 is 2.24 bits per heavy atom. The number of nitrogen functional groups attached to an aromatic ring is 1. The van der Waals surface area contributed by atoms with Gasteiger partial charge in [0.1, 0.15) is 5.82 Å². The molecule has 2 aromatic rings. The van der Waals surface area contributed by atoms with Gasteiger partial charge in [0.2, 0.25) is 0 Å². The molecule has 0 spiro atoms. The fourth-order valence-corrected chi connectivity index (χ4v) is 2.37. The van der Waals surface area contributed by atoms with Crippen LogP contribution in [0.5, 0.6) is 0 Å². The minimum atomic E-state index is 0.545. The number of hydrogen-bond acceptors (Lipinski definition) is 3. The number of pyridine rings is 1. The van der Waals surface area contributed by atoms with Crippen LogP contribution in [0, 0.1) is 6.92 Å². The van der Waals surface area contributed by atoms with Crippen molar-refractivity contribution in [2.24, 2.45) is 0 Å². The van der Waals surface area contributed by atoms with Crippen LogP contribution in [0.4, 0.5) is 5.82 Å². The molecule has 0 atom stereocenters. The maximum atomic E-state index is 5.97. The molecule has 90 valence electrons. The maximum absolute atomic E-state index is 5.97. The number of aryl methyl sites for hydroxylation is 2. The number of rotatable bonds is 3. The lowest BCUT2D eigenvalue weighted by Gasteiger charge is -2.11. The van der Waals surface area contributed by atoms with Crippen LogP contribution in [0.15, 0.2) is 22.9 Å². The normalized spacial score (nSPS) is 10.8. The third-order valence-corrected chi connectivity index (χ3v) is 3.24. The second-order valence-electron chi connectivity index (χ2n) is 3.95. The van der Waals surface area contributed by atoms with E-state index in [4.69, 9.17) is 5.73 Å². The zero-order valence-electron chi connectivity index (χ0n) is 9.94. The van der Waals surface area contributed by atoms with Gasteiger partial charge in [-0.15, -0.1) is 0 Å². The first-order chi connectivity index (χ1) is 8.15. The molecule has 17 heavy (non-hydrogen) atoms. The number of halogens is 1. The number of hydrogen-bond donors (Lipinski definition) is 1. The summed E-state index contributed by atoms with van der Waals surface area (Å²) in [5, 5.41) is 4.35. The zero-order chi connectivity index (χ0) is 12.4. The number of nitrogens with zero attached hydrogens (tertiary/aromatic N) is 3. The molecule has 2 heterocycles. The first kappa shape index (κ1) is 12.1. The van der Waals surface area contributed by atoms with Gasteiger partial charge in [0, 0.05) is 18.3 Å². The van der Waals surface area contributed by atoms with Crippen LogP contribution in [0.25, 0.3) is 11.3 Å². The van der Waals surface area contributed by atoms with Crippen LogP contribution >= 0.6 is 15.9 Å². The minimum absolute atomic E-state index is 0.545. The van der Waals surface area contributed by atoms with E-state index in [0.29, 0.717) is 5.82 Å². The lowest BCUT2D eigenvalue weighted by Crippen LogP contribution is -2.05. The molecule has 0 radical (unpaired) electrons. The van der Waals surface area contributed by atoms with Crippen molar-refractivity contribution in [2.45, 2.75) is 26.8 Å². The molecule has 0 fully saturated rings. The largest absolute Gasteiger partial charge is 0.383 e. The Bertz CT molecular complexity index is 513. The fourth-order valence-electron chi connectivity index (χ4n) is 1.88. The van der Waals surface area contributed by atoms with Crippen molar-refractivity contribution in [3.8, 4) is 11.3 Å². The smallest absolute Gasteiger partial charge is 0.133 e. The number of aromatic nitrogens is 3. The van der Waals surface area contributed by atoms with E-state index in [0.717, 1.165) is 34.3 Å². The zero-order valence-corrected chi connectivity index (χ0v) is 11.5. The Morgan fingerprint density at radius 1 is 1.47 bits per heavy atom. The lowest BCUT2D eigenvalue weighted by atomic mass is 10.1. The van der Waals surface area contributed by atoms with Gasteiger partial charge >= 0.3 is 0 Å². The first-order valence-electron chi connectivity index (χ1n) is 5.58. The molecule has 4 nitrogen and oxygen atoms in total. The van der Waals surface area contributed by atoms with Crippen molar-refractivity contribution in [3.05, 3.63) is 28.5 Å². The lowest BCUT2D eigenvalue weighted by molar-refractivity contribution is 0.608. The fraction of sp³-hybridized carbons (Fsp3) is 0.333. The highest BCUT2D eigenvalue weighted by Gasteiger charge is 2.16. The highest BCUT2D eigenvalue weighted by Crippen LogP contribution is 2.33. The predicted octanol–water partition coefficient (Wildman–Crippen LogP) is 3.01. The number of anilines is 1. The minimum Gasteiger partial charge on any atom is -0.383 e. The molecule has 2 N–H and O–H groups in total. The summed E-state index contributed by atoms with van der Waals surface area (Å²) in [6, 6.07) is 1.96. The molecular weight excluding hydrogens is 280 g/mol. The van der Waals surface area contributed by atoms with E-state index in [2.05, 4.69) is 32.9 Å². The van der Waals surface area contributed by atoms with E-state index in [1.165, 1.54) is 0 Å². The van der Waals surface area contributed by atoms with Crippen molar-refractivity contribution in [1.29, 1.82) is 0 Å². The summed E-state index contributed by atoms with van der Waals surface area (Å²) < 4.78 is 2.92. The van der Waals surface area contributed by atoms with E-state index in [1.54, 1.807) is 12.4 Å². The third-order valence-electron chi connectivity index (χ3n) is 2.66. The van der Waals surface area contributed by atoms with Crippen molar-refractivity contribution >= 4 is 21.7 Å². The molecule has 0 unspecified atom stereocenters. The summed E-state index contributed by atoms with van der Waals surface area (Å²) in [6.45, 7) is 5.02. The highest BCUT2D eigenvalue weighted by molar-refractivity contribution is 9.10. The van der Waals surface area contributed by atoms with Crippen molar-refractivity contribution in [1.82, 2.24) is 14.8 Å². The number of nitrogens with two attached hydrogens (primary N) is 1. The summed E-state index contributed by atoms with van der Waals surface area (Å²) in [5.41, 5.74) is 9.05. The van der Waals surface area contributed by atoms with Gasteiger partial charge in [-0.05, 0) is 40.9 Å². The van der Waals surface area contributed by atoms with Gasteiger partial charge < -0.3 is 5.73 Å². The molecule has 0 saturated heterocycles. The SMILES string of the molecule is CCCn1ncc(Br)c1-c1c(C)ccnc1N. The van der Waals surface area contributed by atoms with Crippen molar-refractivity contribution < 1.29 is 0 Å². The summed E-state index contributed by atoms with van der Waals surface area (Å²) >= 11 is 3.53. The Kier molecular flexibility index (Phi) is 3.47. The van der Waals surface area contributed by atoms with Gasteiger partial charge in [-0.25, -0.2) is 4.98 Å². The summed E-state index contributed by atoms with van der Waals surface area (Å²) in [5.74, 6) is 0.545. The third kappa shape index (κ3) is 2.20. The molecule has 0 aliphatic heterocycles. The second kappa shape index (κ2) is 4.87. The predicted molar refractivity (Wildman–Crippen MR) is 72.6 cm³/mol. The van der Waals surface area contributed by atoms with Gasteiger partial charge in [-0.3, -0.25) is 4.68 Å². The molecule has 0 bridgehead atoms. The summed E-state index contributed by atoms with van der Waals surface area (Å²) in [4.78, 5) is 4.15. The van der Waals surface area contributed by atoms with Crippen LogP contribution < -0.4 is 5.73 Å². The molecule has 0 aliphatic rings. The quantitative estimate of drug-likeness (QED) is 0.947. The average molecular weight is 295 g/mol. The Balaban J connectivity index is 2.63. The maximum Gasteiger partial charge on any atom is 0.133 e.